The molecule has 0 aliphatic heterocycles. The number of unbranched alkanes of at least 4 members (excludes halogenated alkanes) is 2. The summed E-state index contributed by atoms with van der Waals surface area (Å²) in [6, 6.07) is 10.6. The molecule has 2 N–H and O–H groups in total. The maximum atomic E-state index is 12.2. The summed E-state index contributed by atoms with van der Waals surface area (Å²) in [7, 11) is 0. The van der Waals surface area contributed by atoms with E-state index in [2.05, 4.69) is 45.6 Å². The zero-order valence-corrected chi connectivity index (χ0v) is 13.6. The minimum atomic E-state index is 0.104. The smallest absolute Gasteiger partial charge is 0.223 e. The van der Waals surface area contributed by atoms with Gasteiger partial charge in [-0.2, -0.15) is 0 Å². The largest absolute Gasteiger partial charge is 0.356 e. The second-order valence-corrected chi connectivity index (χ2v) is 6.35. The number of aromatic nitrogens is 2. The van der Waals surface area contributed by atoms with E-state index >= 15 is 0 Å². The molecule has 0 bridgehead atoms. The van der Waals surface area contributed by atoms with Crippen molar-refractivity contribution in [2.45, 2.75) is 44.9 Å². The number of carbonyl (C=O) groups excluding carboxylic acids is 1. The van der Waals surface area contributed by atoms with Crippen LogP contribution in [0.1, 0.15) is 42.6 Å². The van der Waals surface area contributed by atoms with Gasteiger partial charge in [-0.25, -0.2) is 4.98 Å². The number of nitrogens with zero attached hydrogens (tertiary/aromatic N) is 1. The van der Waals surface area contributed by atoms with Gasteiger partial charge in [-0.15, -0.1) is 0 Å². The Hall–Kier alpha value is -2.10. The average Bonchev–Trinajstić information content (AvgIpc) is 3.06. The van der Waals surface area contributed by atoms with Gasteiger partial charge in [-0.3, -0.25) is 4.79 Å². The Morgan fingerprint density at radius 1 is 1.22 bits per heavy atom. The molecule has 23 heavy (non-hydrogen) atoms. The van der Waals surface area contributed by atoms with Gasteiger partial charge in [0.1, 0.15) is 0 Å². The van der Waals surface area contributed by atoms with Gasteiger partial charge in [0.05, 0.1) is 12.0 Å². The molecule has 1 amide bonds. The highest BCUT2D eigenvalue weighted by molar-refractivity contribution is 5.79. The highest BCUT2D eigenvalue weighted by atomic mass is 16.1. The Labute approximate surface area is 137 Å². The number of aromatic amines is 1. The predicted octanol–water partition coefficient (Wildman–Crippen LogP) is 3.04. The molecule has 0 saturated heterocycles. The lowest BCUT2D eigenvalue weighted by molar-refractivity contribution is -0.125. The first-order valence-electron chi connectivity index (χ1n) is 8.65. The van der Waals surface area contributed by atoms with Crippen LogP contribution < -0.4 is 5.32 Å². The topological polar surface area (TPSA) is 57.8 Å². The van der Waals surface area contributed by atoms with E-state index in [1.54, 1.807) is 6.33 Å². The fraction of sp³-hybridized carbons (Fsp3) is 0.474. The van der Waals surface area contributed by atoms with Crippen LogP contribution in [0.5, 0.6) is 0 Å². The average molecular weight is 311 g/mol. The lowest BCUT2D eigenvalue weighted by Gasteiger charge is -2.20. The molecular formula is C19H25N3O. The van der Waals surface area contributed by atoms with Crippen molar-refractivity contribution in [2.24, 2.45) is 5.92 Å². The molecule has 2 aromatic rings. The van der Waals surface area contributed by atoms with Gasteiger partial charge in [-0.05, 0) is 37.7 Å². The first-order chi connectivity index (χ1) is 11.3. The van der Waals surface area contributed by atoms with Crippen LogP contribution in [-0.2, 0) is 24.1 Å². The third-order valence-electron chi connectivity index (χ3n) is 4.64. The van der Waals surface area contributed by atoms with Gasteiger partial charge in [0.2, 0.25) is 5.91 Å². The van der Waals surface area contributed by atoms with E-state index in [9.17, 15) is 4.79 Å². The molecule has 0 radical (unpaired) electrons. The number of imidazole rings is 1. The molecule has 4 nitrogen and oxygen atoms in total. The first-order valence-corrected chi connectivity index (χ1v) is 8.65. The summed E-state index contributed by atoms with van der Waals surface area (Å²) in [5.41, 5.74) is 3.67. The molecular weight excluding hydrogens is 286 g/mol. The SMILES string of the molecule is O=C(NCCCCCc1ccccc1)C1CCc2nc[nH]c2C1. The summed E-state index contributed by atoms with van der Waals surface area (Å²) in [5, 5.41) is 3.10. The first kappa shape index (κ1) is 15.8. The zero-order chi connectivity index (χ0) is 15.9. The maximum Gasteiger partial charge on any atom is 0.223 e. The van der Waals surface area contributed by atoms with E-state index in [-0.39, 0.29) is 11.8 Å². The molecule has 1 aromatic heterocycles. The van der Waals surface area contributed by atoms with E-state index in [0.717, 1.165) is 56.5 Å². The maximum absolute atomic E-state index is 12.2. The lowest BCUT2D eigenvalue weighted by atomic mass is 9.89. The third-order valence-corrected chi connectivity index (χ3v) is 4.64. The Morgan fingerprint density at radius 3 is 2.96 bits per heavy atom. The Kier molecular flexibility index (Phi) is 5.46. The Morgan fingerprint density at radius 2 is 2.09 bits per heavy atom. The number of hydrogen-bond acceptors (Lipinski definition) is 2. The lowest BCUT2D eigenvalue weighted by Crippen LogP contribution is -2.34. The summed E-state index contributed by atoms with van der Waals surface area (Å²) in [4.78, 5) is 19.7. The summed E-state index contributed by atoms with van der Waals surface area (Å²) in [6.07, 6.45) is 8.88. The quantitative estimate of drug-likeness (QED) is 0.772. The molecule has 0 saturated carbocycles. The third kappa shape index (κ3) is 4.44. The molecule has 122 valence electrons. The summed E-state index contributed by atoms with van der Waals surface area (Å²) in [6.45, 7) is 0.792. The van der Waals surface area contributed by atoms with Crippen molar-refractivity contribution < 1.29 is 4.79 Å². The van der Waals surface area contributed by atoms with Crippen LogP contribution in [0.25, 0.3) is 0 Å². The minimum absolute atomic E-state index is 0.104. The minimum Gasteiger partial charge on any atom is -0.356 e. The fourth-order valence-corrected chi connectivity index (χ4v) is 3.26. The number of benzene rings is 1. The number of amides is 1. The Bertz CT molecular complexity index is 621. The van der Waals surface area contributed by atoms with Gasteiger partial charge in [0.15, 0.2) is 0 Å². The van der Waals surface area contributed by atoms with E-state index in [1.165, 1.54) is 12.0 Å². The van der Waals surface area contributed by atoms with Crippen LogP contribution in [0.15, 0.2) is 36.7 Å². The van der Waals surface area contributed by atoms with Crippen molar-refractivity contribution in [1.29, 1.82) is 0 Å². The number of H-pyrrole nitrogens is 1. The van der Waals surface area contributed by atoms with Gasteiger partial charge in [0, 0.05) is 24.6 Å². The molecule has 4 heteroatoms. The van der Waals surface area contributed by atoms with Crippen molar-refractivity contribution in [3.63, 3.8) is 0 Å². The van der Waals surface area contributed by atoms with Crippen LogP contribution in [0, 0.1) is 5.92 Å². The van der Waals surface area contributed by atoms with Crippen molar-refractivity contribution in [3.05, 3.63) is 53.6 Å². The number of fused-ring (bicyclic) bond motifs is 1. The van der Waals surface area contributed by atoms with Crippen molar-refractivity contribution in [2.75, 3.05) is 6.54 Å². The molecule has 1 aliphatic rings. The number of aryl methyl sites for hydroxylation is 2. The van der Waals surface area contributed by atoms with Crippen LogP contribution in [0.4, 0.5) is 0 Å². The number of hydrogen-bond donors (Lipinski definition) is 2. The number of nitrogens with one attached hydrogen (secondary N) is 2. The molecule has 0 fully saturated rings. The summed E-state index contributed by atoms with van der Waals surface area (Å²) < 4.78 is 0. The van der Waals surface area contributed by atoms with Crippen molar-refractivity contribution in [1.82, 2.24) is 15.3 Å². The Balaban J connectivity index is 1.30. The fourth-order valence-electron chi connectivity index (χ4n) is 3.26. The number of carbonyl (C=O) groups is 1. The highest BCUT2D eigenvalue weighted by Crippen LogP contribution is 2.22. The van der Waals surface area contributed by atoms with Gasteiger partial charge in [-0.1, -0.05) is 36.8 Å². The van der Waals surface area contributed by atoms with E-state index in [1.807, 2.05) is 0 Å². The highest BCUT2D eigenvalue weighted by Gasteiger charge is 2.25. The second-order valence-electron chi connectivity index (χ2n) is 6.35. The van der Waals surface area contributed by atoms with Crippen molar-refractivity contribution >= 4 is 5.91 Å². The van der Waals surface area contributed by atoms with E-state index < -0.39 is 0 Å². The predicted molar refractivity (Wildman–Crippen MR) is 91.1 cm³/mol. The molecule has 1 unspecified atom stereocenters. The summed E-state index contributed by atoms with van der Waals surface area (Å²) >= 11 is 0. The molecule has 3 rings (SSSR count). The normalized spacial score (nSPS) is 16.8. The van der Waals surface area contributed by atoms with Crippen LogP contribution in [0.2, 0.25) is 0 Å². The van der Waals surface area contributed by atoms with Gasteiger partial charge < -0.3 is 10.3 Å². The van der Waals surface area contributed by atoms with Crippen molar-refractivity contribution in [3.8, 4) is 0 Å². The zero-order valence-electron chi connectivity index (χ0n) is 13.6. The van der Waals surface area contributed by atoms with Gasteiger partial charge >= 0.3 is 0 Å². The molecule has 1 heterocycles. The van der Waals surface area contributed by atoms with Crippen LogP contribution >= 0.6 is 0 Å². The monoisotopic (exact) mass is 311 g/mol. The standard InChI is InChI=1S/C19H25N3O/c23-19(16-10-11-17-18(13-16)22-14-21-17)20-12-6-2-5-9-15-7-3-1-4-8-15/h1,3-4,7-8,14,16H,2,5-6,9-13H2,(H,20,23)(H,21,22). The molecule has 1 atom stereocenters. The molecule has 0 spiro atoms. The summed E-state index contributed by atoms with van der Waals surface area (Å²) in [5.74, 6) is 0.306. The van der Waals surface area contributed by atoms with E-state index in [0.29, 0.717) is 0 Å². The van der Waals surface area contributed by atoms with Crippen LogP contribution in [-0.4, -0.2) is 22.4 Å². The second kappa shape index (κ2) is 7.95. The molecule has 1 aliphatic carbocycles. The van der Waals surface area contributed by atoms with Gasteiger partial charge in [0.25, 0.3) is 0 Å². The molecule has 1 aromatic carbocycles. The number of rotatable bonds is 7. The van der Waals surface area contributed by atoms with Crippen LogP contribution in [0.3, 0.4) is 0 Å². The van der Waals surface area contributed by atoms with E-state index in [4.69, 9.17) is 0 Å².